The molecule has 4 heteroatoms. The summed E-state index contributed by atoms with van der Waals surface area (Å²) in [4.78, 5) is 16.2. The van der Waals surface area contributed by atoms with Crippen LogP contribution in [0, 0.1) is 12.3 Å². The van der Waals surface area contributed by atoms with Gasteiger partial charge in [0.2, 0.25) is 5.91 Å². The van der Waals surface area contributed by atoms with E-state index in [1.807, 2.05) is 4.90 Å². The Bertz CT molecular complexity index is 285. The van der Waals surface area contributed by atoms with E-state index in [0.717, 1.165) is 32.2 Å². The molecule has 0 aromatic heterocycles. The Morgan fingerprint density at radius 3 is 2.56 bits per heavy atom. The Morgan fingerprint density at radius 1 is 1.31 bits per heavy atom. The minimum atomic E-state index is 0.172. The topological polar surface area (TPSA) is 35.6 Å². The first-order chi connectivity index (χ1) is 7.81. The normalized spacial score (nSPS) is 21.8. The van der Waals surface area contributed by atoms with E-state index in [-0.39, 0.29) is 5.91 Å². The van der Waals surface area contributed by atoms with Crippen molar-refractivity contribution in [3.8, 4) is 12.3 Å². The second-order valence-corrected chi connectivity index (χ2v) is 4.46. The SMILES string of the molecule is C#CCNCC(=O)N1CCN(C2CC2)CC1. The van der Waals surface area contributed by atoms with Gasteiger partial charge < -0.3 is 4.90 Å². The first kappa shape index (κ1) is 11.4. The largest absolute Gasteiger partial charge is 0.339 e. The minimum Gasteiger partial charge on any atom is -0.339 e. The van der Waals surface area contributed by atoms with Gasteiger partial charge in [-0.25, -0.2) is 0 Å². The minimum absolute atomic E-state index is 0.172. The molecule has 1 aliphatic heterocycles. The highest BCUT2D eigenvalue weighted by Gasteiger charge is 2.31. The smallest absolute Gasteiger partial charge is 0.236 e. The van der Waals surface area contributed by atoms with Gasteiger partial charge in [0.1, 0.15) is 0 Å². The highest BCUT2D eigenvalue weighted by molar-refractivity contribution is 5.78. The third kappa shape index (κ3) is 2.97. The zero-order valence-electron chi connectivity index (χ0n) is 9.61. The Hall–Kier alpha value is -1.05. The summed E-state index contributed by atoms with van der Waals surface area (Å²) in [5.41, 5.74) is 0. The second-order valence-electron chi connectivity index (χ2n) is 4.46. The maximum atomic E-state index is 11.7. The van der Waals surface area contributed by atoms with Gasteiger partial charge in [0, 0.05) is 32.2 Å². The van der Waals surface area contributed by atoms with Crippen molar-refractivity contribution in [2.24, 2.45) is 0 Å². The number of rotatable bonds is 4. The summed E-state index contributed by atoms with van der Waals surface area (Å²) in [6, 6.07) is 0.816. The fourth-order valence-corrected chi connectivity index (χ4v) is 2.13. The molecule has 2 rings (SSSR count). The van der Waals surface area contributed by atoms with Gasteiger partial charge in [0.05, 0.1) is 13.1 Å². The van der Waals surface area contributed by atoms with E-state index in [0.29, 0.717) is 13.1 Å². The number of hydrogen-bond acceptors (Lipinski definition) is 3. The molecule has 1 N–H and O–H groups in total. The summed E-state index contributed by atoms with van der Waals surface area (Å²) < 4.78 is 0. The maximum Gasteiger partial charge on any atom is 0.236 e. The lowest BCUT2D eigenvalue weighted by Gasteiger charge is -2.34. The molecule has 1 heterocycles. The Balaban J connectivity index is 1.67. The van der Waals surface area contributed by atoms with E-state index < -0.39 is 0 Å². The molecule has 0 unspecified atom stereocenters. The first-order valence-electron chi connectivity index (χ1n) is 5.97. The van der Waals surface area contributed by atoms with Gasteiger partial charge in [-0.3, -0.25) is 15.0 Å². The van der Waals surface area contributed by atoms with E-state index in [4.69, 9.17) is 6.42 Å². The standard InChI is InChI=1S/C12H19N3O/c1-2-5-13-10-12(16)15-8-6-14(7-9-15)11-3-4-11/h1,11,13H,3-10H2. The molecule has 0 aromatic carbocycles. The van der Waals surface area contributed by atoms with E-state index >= 15 is 0 Å². The van der Waals surface area contributed by atoms with Gasteiger partial charge in [-0.2, -0.15) is 0 Å². The summed E-state index contributed by atoms with van der Waals surface area (Å²) in [5.74, 6) is 2.64. The predicted octanol–water partition coefficient (Wildman–Crippen LogP) is -0.484. The summed E-state index contributed by atoms with van der Waals surface area (Å²) in [6.45, 7) is 4.64. The lowest BCUT2D eigenvalue weighted by molar-refractivity contribution is -0.132. The lowest BCUT2D eigenvalue weighted by Crippen LogP contribution is -2.51. The van der Waals surface area contributed by atoms with Crippen LogP contribution in [-0.2, 0) is 4.79 Å². The van der Waals surface area contributed by atoms with Crippen LogP contribution < -0.4 is 5.32 Å². The molecule has 0 spiro atoms. The molecule has 0 aromatic rings. The Morgan fingerprint density at radius 2 is 2.00 bits per heavy atom. The molecule has 0 atom stereocenters. The number of hydrogen-bond donors (Lipinski definition) is 1. The molecule has 0 bridgehead atoms. The van der Waals surface area contributed by atoms with Crippen molar-refractivity contribution in [1.82, 2.24) is 15.1 Å². The van der Waals surface area contributed by atoms with Crippen molar-refractivity contribution in [2.45, 2.75) is 18.9 Å². The molecule has 16 heavy (non-hydrogen) atoms. The van der Waals surface area contributed by atoms with E-state index in [1.165, 1.54) is 12.8 Å². The van der Waals surface area contributed by atoms with Crippen LogP contribution in [0.5, 0.6) is 0 Å². The van der Waals surface area contributed by atoms with Crippen LogP contribution in [-0.4, -0.2) is 61.0 Å². The van der Waals surface area contributed by atoms with Crippen LogP contribution in [0.15, 0.2) is 0 Å². The molecule has 1 saturated carbocycles. The van der Waals surface area contributed by atoms with Crippen LogP contribution in [0.3, 0.4) is 0 Å². The number of nitrogens with zero attached hydrogens (tertiary/aromatic N) is 2. The fraction of sp³-hybridized carbons (Fsp3) is 0.750. The number of nitrogens with one attached hydrogen (secondary N) is 1. The predicted molar refractivity (Wildman–Crippen MR) is 62.9 cm³/mol. The molecule has 88 valence electrons. The first-order valence-corrected chi connectivity index (χ1v) is 5.97. The zero-order chi connectivity index (χ0) is 11.4. The van der Waals surface area contributed by atoms with Crippen molar-refractivity contribution in [3.63, 3.8) is 0 Å². The number of carbonyl (C=O) groups is 1. The molecular weight excluding hydrogens is 202 g/mol. The second kappa shape index (κ2) is 5.33. The highest BCUT2D eigenvalue weighted by Crippen LogP contribution is 2.27. The average molecular weight is 221 g/mol. The molecule has 1 aliphatic carbocycles. The van der Waals surface area contributed by atoms with Gasteiger partial charge in [0.15, 0.2) is 0 Å². The van der Waals surface area contributed by atoms with Crippen molar-refractivity contribution in [3.05, 3.63) is 0 Å². The summed E-state index contributed by atoms with van der Waals surface area (Å²) in [6.07, 6.45) is 7.80. The van der Waals surface area contributed by atoms with Crippen molar-refractivity contribution in [1.29, 1.82) is 0 Å². The molecule has 4 nitrogen and oxygen atoms in total. The Kier molecular flexibility index (Phi) is 3.81. The van der Waals surface area contributed by atoms with Crippen LogP contribution in [0.25, 0.3) is 0 Å². The summed E-state index contributed by atoms with van der Waals surface area (Å²) >= 11 is 0. The molecule has 2 fully saturated rings. The molecular formula is C12H19N3O. The van der Waals surface area contributed by atoms with E-state index in [1.54, 1.807) is 0 Å². The van der Waals surface area contributed by atoms with Gasteiger partial charge in [-0.05, 0) is 12.8 Å². The highest BCUT2D eigenvalue weighted by atomic mass is 16.2. The quantitative estimate of drug-likeness (QED) is 0.514. The van der Waals surface area contributed by atoms with Crippen molar-refractivity contribution in [2.75, 3.05) is 39.3 Å². The molecule has 1 amide bonds. The summed E-state index contributed by atoms with van der Waals surface area (Å²) in [5, 5.41) is 2.94. The van der Waals surface area contributed by atoms with Crippen LogP contribution in [0.1, 0.15) is 12.8 Å². The molecule has 2 aliphatic rings. The van der Waals surface area contributed by atoms with Crippen molar-refractivity contribution < 1.29 is 4.79 Å². The lowest BCUT2D eigenvalue weighted by atomic mass is 10.3. The number of amides is 1. The third-order valence-corrected chi connectivity index (χ3v) is 3.23. The fourth-order valence-electron chi connectivity index (χ4n) is 2.13. The number of carbonyl (C=O) groups excluding carboxylic acids is 1. The third-order valence-electron chi connectivity index (χ3n) is 3.23. The van der Waals surface area contributed by atoms with Crippen LogP contribution >= 0.6 is 0 Å². The average Bonchev–Trinajstić information content (AvgIpc) is 3.13. The van der Waals surface area contributed by atoms with Crippen molar-refractivity contribution >= 4 is 5.91 Å². The van der Waals surface area contributed by atoms with E-state index in [9.17, 15) is 4.79 Å². The molecule has 0 radical (unpaired) electrons. The monoisotopic (exact) mass is 221 g/mol. The van der Waals surface area contributed by atoms with Crippen LogP contribution in [0.2, 0.25) is 0 Å². The number of piperazine rings is 1. The molecule has 1 saturated heterocycles. The number of terminal acetylenes is 1. The summed E-state index contributed by atoms with van der Waals surface area (Å²) in [7, 11) is 0. The van der Waals surface area contributed by atoms with Gasteiger partial charge in [-0.1, -0.05) is 5.92 Å². The van der Waals surface area contributed by atoms with E-state index in [2.05, 4.69) is 16.1 Å². The van der Waals surface area contributed by atoms with Gasteiger partial charge >= 0.3 is 0 Å². The Labute approximate surface area is 97.0 Å². The van der Waals surface area contributed by atoms with Gasteiger partial charge in [-0.15, -0.1) is 6.42 Å². The maximum absolute atomic E-state index is 11.7. The zero-order valence-corrected chi connectivity index (χ0v) is 9.61. The van der Waals surface area contributed by atoms with Crippen LogP contribution in [0.4, 0.5) is 0 Å². The van der Waals surface area contributed by atoms with Gasteiger partial charge in [0.25, 0.3) is 0 Å².